The molecule has 0 aliphatic carbocycles. The second-order valence-electron chi connectivity index (χ2n) is 2.17. The summed E-state index contributed by atoms with van der Waals surface area (Å²) in [7, 11) is 0. The molecule has 0 radical (unpaired) electrons. The predicted octanol–water partition coefficient (Wildman–Crippen LogP) is 2.37. The lowest BCUT2D eigenvalue weighted by molar-refractivity contribution is -0.129. The molecule has 0 amide bonds. The Kier molecular flexibility index (Phi) is 3.14. The second-order valence-corrected chi connectivity index (χ2v) is 2.17. The fourth-order valence-corrected chi connectivity index (χ4v) is 0.723. The molecule has 0 aromatic heterocycles. The second kappa shape index (κ2) is 4.35. The molecule has 0 bridgehead atoms. The molecule has 0 aliphatic rings. The Morgan fingerprint density at radius 1 is 1.23 bits per heavy atom. The molecule has 0 N–H and O–H groups in total. The Labute approximate surface area is 73.4 Å². The molecule has 68 valence electrons. The summed E-state index contributed by atoms with van der Waals surface area (Å²) >= 11 is 0. The maximum absolute atomic E-state index is 11.5. The number of hydrogen-bond donors (Lipinski definition) is 0. The first-order chi connectivity index (χ1) is 6.18. The molecule has 1 rings (SSSR count). The van der Waals surface area contributed by atoms with E-state index in [0.717, 1.165) is 0 Å². The van der Waals surface area contributed by atoms with E-state index in [4.69, 9.17) is 0 Å². The van der Waals surface area contributed by atoms with E-state index >= 15 is 0 Å². The Hall–Kier alpha value is -1.71. The van der Waals surface area contributed by atoms with Crippen LogP contribution in [0.15, 0.2) is 42.5 Å². The van der Waals surface area contributed by atoms with Gasteiger partial charge in [-0.05, 0) is 12.1 Å². The van der Waals surface area contributed by atoms with Crippen molar-refractivity contribution in [2.24, 2.45) is 0 Å². The Balaban J connectivity index is 2.61. The molecule has 0 heterocycles. The summed E-state index contributed by atoms with van der Waals surface area (Å²) in [5.41, 5.74) is 0. The van der Waals surface area contributed by atoms with Crippen molar-refractivity contribution in [1.29, 1.82) is 0 Å². The van der Waals surface area contributed by atoms with Crippen LogP contribution in [0.3, 0.4) is 0 Å². The highest BCUT2D eigenvalue weighted by atomic mass is 19.3. The van der Waals surface area contributed by atoms with Crippen LogP contribution in [0.4, 0.5) is 8.78 Å². The van der Waals surface area contributed by atoms with Crippen LogP contribution in [0.5, 0.6) is 5.75 Å². The summed E-state index contributed by atoms with van der Waals surface area (Å²) in [4.78, 5) is 10.6. The van der Waals surface area contributed by atoms with Crippen molar-refractivity contribution in [1.82, 2.24) is 0 Å². The van der Waals surface area contributed by atoms with Gasteiger partial charge in [0.1, 0.15) is 5.75 Å². The average Bonchev–Trinajstić information content (AvgIpc) is 2.04. The van der Waals surface area contributed by atoms with Crippen LogP contribution >= 0.6 is 0 Å². The number of benzene rings is 1. The number of para-hydroxylation sites is 1. The Bertz CT molecular complexity index is 316. The van der Waals surface area contributed by atoms with Crippen molar-refractivity contribution < 1.29 is 18.3 Å². The highest BCUT2D eigenvalue weighted by molar-refractivity contribution is 5.84. The fourth-order valence-electron chi connectivity index (χ4n) is 0.723. The number of hydrogen-bond acceptors (Lipinski definition) is 2. The van der Waals surface area contributed by atoms with E-state index in [1.54, 1.807) is 18.2 Å². The minimum absolute atomic E-state index is 0.132. The highest BCUT2D eigenvalue weighted by Crippen LogP contribution is 2.09. The number of ether oxygens (including phenoxy) is 1. The van der Waals surface area contributed by atoms with Gasteiger partial charge in [0, 0.05) is 0 Å². The van der Waals surface area contributed by atoms with Gasteiger partial charge in [-0.15, -0.1) is 0 Å². The first-order valence-corrected chi connectivity index (χ1v) is 3.48. The van der Waals surface area contributed by atoms with Crippen LogP contribution in [0.2, 0.25) is 0 Å². The van der Waals surface area contributed by atoms with E-state index in [1.165, 1.54) is 12.1 Å². The normalized spacial score (nSPS) is 9.08. The SMILES string of the molecule is O=C(C=C(F)F)Oc1ccccc1. The summed E-state index contributed by atoms with van der Waals surface area (Å²) in [6, 6.07) is 8.00. The summed E-state index contributed by atoms with van der Waals surface area (Å²) in [6.07, 6.45) is -1.94. The zero-order chi connectivity index (χ0) is 9.68. The number of esters is 1. The molecule has 1 aromatic carbocycles. The van der Waals surface area contributed by atoms with E-state index in [-0.39, 0.29) is 11.8 Å². The summed E-state index contributed by atoms with van der Waals surface area (Å²) in [5, 5.41) is 0. The molecule has 0 spiro atoms. The molecular weight excluding hydrogens is 178 g/mol. The molecule has 4 heteroatoms. The van der Waals surface area contributed by atoms with Gasteiger partial charge in [-0.1, -0.05) is 18.2 Å². The van der Waals surface area contributed by atoms with Gasteiger partial charge in [0.15, 0.2) is 0 Å². The van der Waals surface area contributed by atoms with Crippen LogP contribution in [-0.2, 0) is 4.79 Å². The standard InChI is InChI=1S/C9H6F2O2/c10-8(11)6-9(12)13-7-4-2-1-3-5-7/h1-6H. The van der Waals surface area contributed by atoms with Crippen LogP contribution in [0.25, 0.3) is 0 Å². The van der Waals surface area contributed by atoms with Gasteiger partial charge in [0.2, 0.25) is 0 Å². The van der Waals surface area contributed by atoms with Crippen molar-refractivity contribution in [2.45, 2.75) is 0 Å². The lowest BCUT2D eigenvalue weighted by Gasteiger charge is -1.98. The molecular formula is C9H6F2O2. The van der Waals surface area contributed by atoms with Crippen LogP contribution in [0, 0.1) is 0 Å². The van der Waals surface area contributed by atoms with E-state index in [2.05, 4.69) is 4.74 Å². The van der Waals surface area contributed by atoms with Crippen LogP contribution in [0.1, 0.15) is 0 Å². The van der Waals surface area contributed by atoms with Crippen LogP contribution < -0.4 is 4.74 Å². The van der Waals surface area contributed by atoms with Crippen molar-refractivity contribution >= 4 is 5.97 Å². The first kappa shape index (κ1) is 9.38. The van der Waals surface area contributed by atoms with Gasteiger partial charge in [0.05, 0.1) is 6.08 Å². The summed E-state index contributed by atoms with van der Waals surface area (Å²) < 4.78 is 27.6. The number of halogens is 2. The van der Waals surface area contributed by atoms with E-state index in [0.29, 0.717) is 0 Å². The molecule has 0 aliphatic heterocycles. The van der Waals surface area contributed by atoms with Gasteiger partial charge >= 0.3 is 5.97 Å². The van der Waals surface area contributed by atoms with E-state index < -0.39 is 12.0 Å². The smallest absolute Gasteiger partial charge is 0.341 e. The molecule has 0 fully saturated rings. The molecule has 13 heavy (non-hydrogen) atoms. The third kappa shape index (κ3) is 3.46. The maximum atomic E-state index is 11.5. The number of carbonyl (C=O) groups excluding carboxylic acids is 1. The first-order valence-electron chi connectivity index (χ1n) is 3.48. The van der Waals surface area contributed by atoms with E-state index in [9.17, 15) is 13.6 Å². The van der Waals surface area contributed by atoms with Gasteiger partial charge in [-0.25, -0.2) is 4.79 Å². The predicted molar refractivity (Wildman–Crippen MR) is 42.4 cm³/mol. The van der Waals surface area contributed by atoms with E-state index in [1.807, 2.05) is 0 Å². The van der Waals surface area contributed by atoms with Crippen molar-refractivity contribution in [3.05, 3.63) is 42.5 Å². The zero-order valence-corrected chi connectivity index (χ0v) is 6.54. The molecule has 0 saturated heterocycles. The largest absolute Gasteiger partial charge is 0.423 e. The van der Waals surface area contributed by atoms with Crippen molar-refractivity contribution in [3.63, 3.8) is 0 Å². The third-order valence-corrected chi connectivity index (χ3v) is 1.19. The molecule has 0 unspecified atom stereocenters. The lowest BCUT2D eigenvalue weighted by Crippen LogP contribution is -2.03. The van der Waals surface area contributed by atoms with Crippen molar-refractivity contribution in [2.75, 3.05) is 0 Å². The molecule has 1 aromatic rings. The molecule has 0 saturated carbocycles. The van der Waals surface area contributed by atoms with Crippen LogP contribution in [-0.4, -0.2) is 5.97 Å². The zero-order valence-electron chi connectivity index (χ0n) is 6.54. The average molecular weight is 184 g/mol. The van der Waals surface area contributed by atoms with Gasteiger partial charge < -0.3 is 4.74 Å². The maximum Gasteiger partial charge on any atom is 0.341 e. The fraction of sp³-hybridized carbons (Fsp3) is 0. The summed E-state index contributed by atoms with van der Waals surface area (Å²) in [5.74, 6) is -0.837. The van der Waals surface area contributed by atoms with Gasteiger partial charge in [-0.2, -0.15) is 8.78 Å². The Morgan fingerprint density at radius 3 is 2.38 bits per heavy atom. The quantitative estimate of drug-likeness (QED) is 0.400. The third-order valence-electron chi connectivity index (χ3n) is 1.19. The lowest BCUT2D eigenvalue weighted by atomic mass is 10.3. The minimum atomic E-state index is -2.07. The summed E-state index contributed by atoms with van der Waals surface area (Å²) in [6.45, 7) is 0. The Morgan fingerprint density at radius 2 is 1.85 bits per heavy atom. The minimum Gasteiger partial charge on any atom is -0.423 e. The number of rotatable bonds is 2. The topological polar surface area (TPSA) is 26.3 Å². The number of carbonyl (C=O) groups is 1. The highest BCUT2D eigenvalue weighted by Gasteiger charge is 2.02. The van der Waals surface area contributed by atoms with Gasteiger partial charge in [-0.3, -0.25) is 0 Å². The van der Waals surface area contributed by atoms with Gasteiger partial charge in [0.25, 0.3) is 6.08 Å². The molecule has 0 atom stereocenters. The van der Waals surface area contributed by atoms with Crippen molar-refractivity contribution in [3.8, 4) is 5.75 Å². The molecule has 2 nitrogen and oxygen atoms in total. The monoisotopic (exact) mass is 184 g/mol.